The Morgan fingerprint density at radius 2 is 1.94 bits per heavy atom. The number of aromatic nitrogens is 3. The van der Waals surface area contributed by atoms with Crippen molar-refractivity contribution in [2.75, 3.05) is 5.32 Å². The van der Waals surface area contributed by atoms with Crippen molar-refractivity contribution >= 4 is 35.0 Å². The second kappa shape index (κ2) is 11.3. The number of carbonyl (C=O) groups excluding carboxylic acids is 1. The highest BCUT2D eigenvalue weighted by Gasteiger charge is 2.21. The summed E-state index contributed by atoms with van der Waals surface area (Å²) in [6, 6.07) is 13.4. The average Bonchev–Trinajstić information content (AvgIpc) is 3.14. The molecule has 170 valence electrons. The maximum Gasteiger partial charge on any atom is 0.237 e. The summed E-state index contributed by atoms with van der Waals surface area (Å²) >= 11 is 7.33. The molecule has 0 aliphatic heterocycles. The molecular weight excluding hydrogens is 451 g/mol. The topological polar surface area (TPSA) is 69.0 Å². The number of anilines is 1. The van der Waals surface area contributed by atoms with Gasteiger partial charge in [-0.1, -0.05) is 55.4 Å². The normalized spacial score (nSPS) is 12.1. The van der Waals surface area contributed by atoms with Crippen molar-refractivity contribution < 1.29 is 13.9 Å². The van der Waals surface area contributed by atoms with Crippen LogP contribution in [0.15, 0.2) is 53.7 Å². The first kappa shape index (κ1) is 24.1. The third-order valence-electron chi connectivity index (χ3n) is 4.68. The molecule has 1 N–H and O–H groups in total. The lowest BCUT2D eigenvalue weighted by Crippen LogP contribution is -2.23. The van der Waals surface area contributed by atoms with E-state index in [4.69, 9.17) is 16.3 Å². The van der Waals surface area contributed by atoms with Gasteiger partial charge in [0.2, 0.25) is 5.91 Å². The molecule has 1 aromatic heterocycles. The number of carbonyl (C=O) groups is 1. The zero-order valence-electron chi connectivity index (χ0n) is 18.2. The highest BCUT2D eigenvalue weighted by Crippen LogP contribution is 2.27. The molecule has 32 heavy (non-hydrogen) atoms. The van der Waals surface area contributed by atoms with Crippen molar-refractivity contribution in [1.82, 2.24) is 14.8 Å². The number of para-hydroxylation sites is 1. The van der Waals surface area contributed by atoms with E-state index < -0.39 is 11.1 Å². The molecule has 1 heterocycles. The van der Waals surface area contributed by atoms with E-state index >= 15 is 0 Å². The fraction of sp³-hybridized carbons (Fsp3) is 0.348. The number of benzene rings is 2. The molecule has 1 atom stereocenters. The van der Waals surface area contributed by atoms with Crippen LogP contribution in [-0.4, -0.2) is 25.9 Å². The summed E-state index contributed by atoms with van der Waals surface area (Å²) < 4.78 is 21.1. The highest BCUT2D eigenvalue weighted by atomic mass is 35.5. The number of nitrogens with one attached hydrogen (secondary N) is 1. The van der Waals surface area contributed by atoms with Crippen LogP contribution in [0, 0.1) is 11.7 Å². The van der Waals surface area contributed by atoms with Gasteiger partial charge in [-0.2, -0.15) is 0 Å². The number of hydrogen-bond acceptors (Lipinski definition) is 5. The maximum atomic E-state index is 13.2. The Bertz CT molecular complexity index is 1050. The number of amides is 1. The first-order valence-corrected chi connectivity index (χ1v) is 11.6. The lowest BCUT2D eigenvalue weighted by Gasteiger charge is -2.15. The molecule has 0 spiro atoms. The number of halogens is 2. The molecule has 0 fully saturated rings. The van der Waals surface area contributed by atoms with Crippen molar-refractivity contribution in [3.8, 4) is 5.75 Å². The third-order valence-corrected chi connectivity index (χ3v) is 6.07. The second-order valence-corrected chi connectivity index (χ2v) is 9.42. The average molecular weight is 477 g/mol. The summed E-state index contributed by atoms with van der Waals surface area (Å²) in [6.45, 7) is 7.08. The lowest BCUT2D eigenvalue weighted by atomic mass is 10.1. The molecule has 0 saturated heterocycles. The van der Waals surface area contributed by atoms with Gasteiger partial charge in [0.05, 0.1) is 16.0 Å². The number of ether oxygens (including phenoxy) is 1. The second-order valence-electron chi connectivity index (χ2n) is 7.71. The van der Waals surface area contributed by atoms with E-state index in [0.29, 0.717) is 22.6 Å². The fourth-order valence-corrected chi connectivity index (χ4v) is 3.93. The van der Waals surface area contributed by atoms with Gasteiger partial charge in [0.1, 0.15) is 18.2 Å². The molecule has 1 unspecified atom stereocenters. The Hall–Kier alpha value is -2.58. The van der Waals surface area contributed by atoms with Crippen LogP contribution in [0.3, 0.4) is 0 Å². The van der Waals surface area contributed by atoms with Gasteiger partial charge in [-0.05, 0) is 49.6 Å². The van der Waals surface area contributed by atoms with Crippen LogP contribution in [0.25, 0.3) is 0 Å². The van der Waals surface area contributed by atoms with Crippen molar-refractivity contribution in [2.24, 2.45) is 5.92 Å². The monoisotopic (exact) mass is 476 g/mol. The standard InChI is InChI=1S/C23H26ClFN4O2S/c1-15(2)11-12-29-21(14-31-18-7-5-4-6-8-18)27-28-23(29)32-16(3)22(30)26-20-10-9-17(25)13-19(20)24/h4-10,13,15-16H,11-12,14H2,1-3H3,(H,26,30). The van der Waals surface area contributed by atoms with Crippen molar-refractivity contribution in [2.45, 2.75) is 50.8 Å². The van der Waals surface area contributed by atoms with E-state index in [1.807, 2.05) is 34.9 Å². The first-order valence-electron chi connectivity index (χ1n) is 10.4. The van der Waals surface area contributed by atoms with Crippen LogP contribution < -0.4 is 10.1 Å². The van der Waals surface area contributed by atoms with Gasteiger partial charge >= 0.3 is 0 Å². The molecule has 6 nitrogen and oxygen atoms in total. The molecular formula is C23H26ClFN4O2S. The van der Waals surface area contributed by atoms with Gasteiger partial charge in [0.15, 0.2) is 11.0 Å². The first-order chi connectivity index (χ1) is 15.3. The molecule has 0 aliphatic rings. The van der Waals surface area contributed by atoms with Crippen LogP contribution >= 0.6 is 23.4 Å². The van der Waals surface area contributed by atoms with Gasteiger partial charge in [-0.25, -0.2) is 4.39 Å². The van der Waals surface area contributed by atoms with Crippen LogP contribution in [0.2, 0.25) is 5.02 Å². The van der Waals surface area contributed by atoms with Crippen molar-refractivity contribution in [3.63, 3.8) is 0 Å². The summed E-state index contributed by atoms with van der Waals surface area (Å²) in [7, 11) is 0. The summed E-state index contributed by atoms with van der Waals surface area (Å²) in [5.74, 6) is 1.23. The molecule has 2 aromatic carbocycles. The van der Waals surface area contributed by atoms with Gasteiger partial charge in [-0.3, -0.25) is 4.79 Å². The van der Waals surface area contributed by atoms with Crippen molar-refractivity contribution in [3.05, 3.63) is 65.2 Å². The van der Waals surface area contributed by atoms with Crippen molar-refractivity contribution in [1.29, 1.82) is 0 Å². The predicted molar refractivity (Wildman–Crippen MR) is 126 cm³/mol. The molecule has 1 amide bonds. The lowest BCUT2D eigenvalue weighted by molar-refractivity contribution is -0.115. The number of hydrogen-bond donors (Lipinski definition) is 1. The summed E-state index contributed by atoms with van der Waals surface area (Å²) in [4.78, 5) is 12.7. The largest absolute Gasteiger partial charge is 0.486 e. The maximum absolute atomic E-state index is 13.2. The third kappa shape index (κ3) is 6.71. The highest BCUT2D eigenvalue weighted by molar-refractivity contribution is 8.00. The van der Waals surface area contributed by atoms with Crippen LogP contribution in [0.4, 0.5) is 10.1 Å². The minimum absolute atomic E-state index is 0.149. The van der Waals surface area contributed by atoms with Gasteiger partial charge in [0, 0.05) is 6.54 Å². The molecule has 0 aliphatic carbocycles. The smallest absolute Gasteiger partial charge is 0.237 e. The van der Waals surface area contributed by atoms with E-state index in [-0.39, 0.29) is 17.5 Å². The van der Waals surface area contributed by atoms with Crippen LogP contribution in [0.1, 0.15) is 33.0 Å². The van der Waals surface area contributed by atoms with Gasteiger partial charge < -0.3 is 14.6 Å². The molecule has 0 radical (unpaired) electrons. The Balaban J connectivity index is 1.70. The summed E-state index contributed by atoms with van der Waals surface area (Å²) in [5.41, 5.74) is 0.365. The van der Waals surface area contributed by atoms with Crippen LogP contribution in [0.5, 0.6) is 5.75 Å². The molecule has 0 saturated carbocycles. The van der Waals surface area contributed by atoms with E-state index in [1.54, 1.807) is 6.92 Å². The number of nitrogens with zero attached hydrogens (tertiary/aromatic N) is 3. The van der Waals surface area contributed by atoms with Gasteiger partial charge in [0.25, 0.3) is 0 Å². The number of rotatable bonds is 10. The minimum atomic E-state index is -0.471. The Kier molecular flexibility index (Phi) is 8.53. The quantitative estimate of drug-likeness (QED) is 0.373. The molecule has 9 heteroatoms. The number of thioether (sulfide) groups is 1. The van der Waals surface area contributed by atoms with E-state index in [2.05, 4.69) is 29.4 Å². The Morgan fingerprint density at radius 1 is 1.19 bits per heavy atom. The van der Waals surface area contributed by atoms with E-state index in [1.165, 1.54) is 23.9 Å². The molecule has 3 rings (SSSR count). The van der Waals surface area contributed by atoms with Crippen LogP contribution in [-0.2, 0) is 17.9 Å². The Labute approximate surface area is 196 Å². The fourth-order valence-electron chi connectivity index (χ4n) is 2.83. The molecule has 0 bridgehead atoms. The minimum Gasteiger partial charge on any atom is -0.486 e. The predicted octanol–water partition coefficient (Wildman–Crippen LogP) is 5.82. The summed E-state index contributed by atoms with van der Waals surface area (Å²) in [6.07, 6.45) is 0.940. The molecule has 3 aromatic rings. The zero-order valence-corrected chi connectivity index (χ0v) is 19.8. The van der Waals surface area contributed by atoms with E-state index in [0.717, 1.165) is 24.8 Å². The Morgan fingerprint density at radius 3 is 2.62 bits per heavy atom. The van der Waals surface area contributed by atoms with E-state index in [9.17, 15) is 9.18 Å². The zero-order chi connectivity index (χ0) is 23.1. The summed E-state index contributed by atoms with van der Waals surface area (Å²) in [5, 5.41) is 11.7. The SMILES string of the molecule is CC(C)CCn1c(COc2ccccc2)nnc1SC(C)C(=O)Nc1ccc(F)cc1Cl. The van der Waals surface area contributed by atoms with Gasteiger partial charge in [-0.15, -0.1) is 10.2 Å².